The van der Waals surface area contributed by atoms with Crippen LogP contribution in [0.25, 0.3) is 0 Å². The van der Waals surface area contributed by atoms with E-state index in [-0.39, 0.29) is 11.6 Å². The molecule has 2 aromatic rings. The van der Waals surface area contributed by atoms with Gasteiger partial charge in [-0.25, -0.2) is 4.98 Å². The van der Waals surface area contributed by atoms with Gasteiger partial charge in [-0.3, -0.25) is 14.9 Å². The molecule has 0 bridgehead atoms. The molecule has 0 aliphatic carbocycles. The van der Waals surface area contributed by atoms with Crippen molar-refractivity contribution in [1.82, 2.24) is 10.3 Å². The molecule has 22 heavy (non-hydrogen) atoms. The lowest BCUT2D eigenvalue weighted by atomic mass is 10.3. The zero-order valence-electron chi connectivity index (χ0n) is 12.0. The Morgan fingerprint density at radius 2 is 2.05 bits per heavy atom. The number of non-ortho nitro benzene ring substituents is 1. The standard InChI is InChI=1S/C14H16N4O3S/c1-2-13-17-9-12(22-13)14(19)16-8-7-15-10-3-5-11(6-4-10)18(20)21/h3-6,9,15H,2,7-8H2,1H3,(H,16,19). The van der Waals surface area contributed by atoms with Gasteiger partial charge in [0.25, 0.3) is 11.6 Å². The van der Waals surface area contributed by atoms with Gasteiger partial charge in [-0.1, -0.05) is 6.92 Å². The second-order valence-electron chi connectivity index (χ2n) is 4.46. The number of hydrogen-bond acceptors (Lipinski definition) is 6. The highest BCUT2D eigenvalue weighted by Crippen LogP contribution is 2.15. The van der Waals surface area contributed by atoms with Crippen molar-refractivity contribution >= 4 is 28.6 Å². The van der Waals surface area contributed by atoms with Crippen molar-refractivity contribution in [3.05, 3.63) is 50.5 Å². The van der Waals surface area contributed by atoms with Crippen molar-refractivity contribution in [2.45, 2.75) is 13.3 Å². The Hall–Kier alpha value is -2.48. The number of nitro groups is 1. The quantitative estimate of drug-likeness (QED) is 0.464. The lowest BCUT2D eigenvalue weighted by Crippen LogP contribution is -2.28. The predicted octanol–water partition coefficient (Wildman–Crippen LogP) is 2.46. The van der Waals surface area contributed by atoms with Crippen LogP contribution >= 0.6 is 11.3 Å². The number of rotatable bonds is 7. The molecule has 0 aliphatic heterocycles. The second kappa shape index (κ2) is 7.51. The number of nitrogens with zero attached hydrogens (tertiary/aromatic N) is 2. The third kappa shape index (κ3) is 4.26. The summed E-state index contributed by atoms with van der Waals surface area (Å²) in [4.78, 5) is 26.7. The average molecular weight is 320 g/mol. The number of anilines is 1. The van der Waals surface area contributed by atoms with Crippen molar-refractivity contribution < 1.29 is 9.72 Å². The van der Waals surface area contributed by atoms with Gasteiger partial charge in [-0.2, -0.15) is 0 Å². The van der Waals surface area contributed by atoms with E-state index in [0.29, 0.717) is 18.0 Å². The zero-order chi connectivity index (χ0) is 15.9. The van der Waals surface area contributed by atoms with Crippen molar-refractivity contribution in [1.29, 1.82) is 0 Å². The summed E-state index contributed by atoms with van der Waals surface area (Å²) in [6, 6.07) is 6.14. The van der Waals surface area contributed by atoms with Crippen LogP contribution in [0.3, 0.4) is 0 Å². The van der Waals surface area contributed by atoms with Crippen LogP contribution in [0, 0.1) is 10.1 Å². The molecule has 0 saturated carbocycles. The maximum atomic E-state index is 11.9. The Balaban J connectivity index is 1.74. The molecular weight excluding hydrogens is 304 g/mol. The molecule has 8 heteroatoms. The van der Waals surface area contributed by atoms with Crippen LogP contribution in [-0.4, -0.2) is 28.9 Å². The summed E-state index contributed by atoms with van der Waals surface area (Å²) < 4.78 is 0. The number of aromatic nitrogens is 1. The Bertz CT molecular complexity index is 654. The first-order valence-electron chi connectivity index (χ1n) is 6.81. The molecule has 0 fully saturated rings. The van der Waals surface area contributed by atoms with Crippen LogP contribution in [0.1, 0.15) is 21.6 Å². The maximum Gasteiger partial charge on any atom is 0.269 e. The Morgan fingerprint density at radius 1 is 1.32 bits per heavy atom. The van der Waals surface area contributed by atoms with Crippen LogP contribution < -0.4 is 10.6 Å². The minimum absolute atomic E-state index is 0.0516. The molecular formula is C14H16N4O3S. The minimum atomic E-state index is -0.441. The van der Waals surface area contributed by atoms with Gasteiger partial charge in [-0.05, 0) is 18.6 Å². The van der Waals surface area contributed by atoms with E-state index in [1.807, 2.05) is 6.92 Å². The van der Waals surface area contributed by atoms with Gasteiger partial charge in [-0.15, -0.1) is 11.3 Å². The molecule has 0 saturated heterocycles. The summed E-state index contributed by atoms with van der Waals surface area (Å²) in [7, 11) is 0. The number of nitrogens with one attached hydrogen (secondary N) is 2. The first kappa shape index (κ1) is 15.9. The number of carbonyl (C=O) groups excluding carboxylic acids is 1. The fraction of sp³-hybridized carbons (Fsp3) is 0.286. The molecule has 0 unspecified atom stereocenters. The van der Waals surface area contributed by atoms with E-state index in [4.69, 9.17) is 0 Å². The van der Waals surface area contributed by atoms with Crippen molar-refractivity contribution in [3.63, 3.8) is 0 Å². The molecule has 1 aromatic heterocycles. The molecule has 0 aliphatic rings. The number of amides is 1. The summed E-state index contributed by atoms with van der Waals surface area (Å²) in [5.41, 5.74) is 0.821. The van der Waals surface area contributed by atoms with Crippen LogP contribution in [0.2, 0.25) is 0 Å². The fourth-order valence-corrected chi connectivity index (χ4v) is 2.52. The van der Waals surface area contributed by atoms with E-state index >= 15 is 0 Å². The molecule has 2 N–H and O–H groups in total. The van der Waals surface area contributed by atoms with E-state index in [9.17, 15) is 14.9 Å². The van der Waals surface area contributed by atoms with Crippen LogP contribution in [0.5, 0.6) is 0 Å². The van der Waals surface area contributed by atoms with Gasteiger partial charge in [0.1, 0.15) is 4.88 Å². The Labute approximate surface area is 131 Å². The van der Waals surface area contributed by atoms with E-state index < -0.39 is 4.92 Å². The third-order valence-electron chi connectivity index (χ3n) is 2.90. The maximum absolute atomic E-state index is 11.9. The summed E-state index contributed by atoms with van der Waals surface area (Å²) in [6.45, 7) is 2.98. The molecule has 1 aromatic carbocycles. The van der Waals surface area contributed by atoms with E-state index in [2.05, 4.69) is 15.6 Å². The molecule has 116 valence electrons. The van der Waals surface area contributed by atoms with Gasteiger partial charge in [0, 0.05) is 30.9 Å². The number of benzene rings is 1. The van der Waals surface area contributed by atoms with Gasteiger partial charge < -0.3 is 10.6 Å². The van der Waals surface area contributed by atoms with E-state index in [1.54, 1.807) is 18.3 Å². The Kier molecular flexibility index (Phi) is 5.42. The van der Waals surface area contributed by atoms with E-state index in [0.717, 1.165) is 17.1 Å². The topological polar surface area (TPSA) is 97.2 Å². The highest BCUT2D eigenvalue weighted by Gasteiger charge is 2.09. The number of hydrogen-bond donors (Lipinski definition) is 2. The van der Waals surface area contributed by atoms with Crippen molar-refractivity contribution in [2.75, 3.05) is 18.4 Å². The van der Waals surface area contributed by atoms with Crippen molar-refractivity contribution in [2.24, 2.45) is 0 Å². The second-order valence-corrected chi connectivity index (χ2v) is 5.57. The first-order chi connectivity index (χ1) is 10.6. The zero-order valence-corrected chi connectivity index (χ0v) is 12.9. The summed E-state index contributed by atoms with van der Waals surface area (Å²) in [6.07, 6.45) is 2.40. The largest absolute Gasteiger partial charge is 0.383 e. The van der Waals surface area contributed by atoms with E-state index in [1.165, 1.54) is 23.5 Å². The van der Waals surface area contributed by atoms with Gasteiger partial charge in [0.05, 0.1) is 16.1 Å². The van der Waals surface area contributed by atoms with Crippen LogP contribution in [-0.2, 0) is 6.42 Å². The smallest absolute Gasteiger partial charge is 0.269 e. The number of thiazole rings is 1. The summed E-state index contributed by atoms with van der Waals surface area (Å²) >= 11 is 1.39. The Morgan fingerprint density at radius 3 is 2.64 bits per heavy atom. The number of nitro benzene ring substituents is 1. The number of aryl methyl sites for hydroxylation is 1. The fourth-order valence-electron chi connectivity index (χ4n) is 1.75. The predicted molar refractivity (Wildman–Crippen MR) is 85.4 cm³/mol. The summed E-state index contributed by atoms with van der Waals surface area (Å²) in [5, 5.41) is 17.4. The highest BCUT2D eigenvalue weighted by atomic mass is 32.1. The molecule has 7 nitrogen and oxygen atoms in total. The molecule has 1 amide bonds. The number of carbonyl (C=O) groups is 1. The monoisotopic (exact) mass is 320 g/mol. The van der Waals surface area contributed by atoms with Crippen molar-refractivity contribution in [3.8, 4) is 0 Å². The first-order valence-corrected chi connectivity index (χ1v) is 7.63. The molecule has 0 radical (unpaired) electrons. The molecule has 2 rings (SSSR count). The van der Waals surface area contributed by atoms with Crippen LogP contribution in [0.15, 0.2) is 30.5 Å². The minimum Gasteiger partial charge on any atom is -0.383 e. The highest BCUT2D eigenvalue weighted by molar-refractivity contribution is 7.13. The average Bonchev–Trinajstić information content (AvgIpc) is 3.01. The third-order valence-corrected chi connectivity index (χ3v) is 4.04. The normalized spacial score (nSPS) is 10.2. The summed E-state index contributed by atoms with van der Waals surface area (Å²) in [5.74, 6) is -0.136. The van der Waals surface area contributed by atoms with Gasteiger partial charge >= 0.3 is 0 Å². The molecule has 1 heterocycles. The lowest BCUT2D eigenvalue weighted by molar-refractivity contribution is -0.384. The SMILES string of the molecule is CCc1ncc(C(=O)NCCNc2ccc([N+](=O)[O-])cc2)s1. The van der Waals surface area contributed by atoms with Gasteiger partial charge in [0.2, 0.25) is 0 Å². The van der Waals surface area contributed by atoms with Gasteiger partial charge in [0.15, 0.2) is 0 Å². The molecule has 0 spiro atoms. The van der Waals surface area contributed by atoms with Crippen LogP contribution in [0.4, 0.5) is 11.4 Å². The molecule has 0 atom stereocenters. The lowest BCUT2D eigenvalue weighted by Gasteiger charge is -2.07.